The summed E-state index contributed by atoms with van der Waals surface area (Å²) in [5.41, 5.74) is 1.01. The highest BCUT2D eigenvalue weighted by Crippen LogP contribution is 2.33. The number of fused-ring (bicyclic) bond motifs is 1. The summed E-state index contributed by atoms with van der Waals surface area (Å²) in [5.74, 6) is 1.64. The summed E-state index contributed by atoms with van der Waals surface area (Å²) in [5, 5.41) is 6.03. The summed E-state index contributed by atoms with van der Waals surface area (Å²) in [4.78, 5) is 8.25. The van der Waals surface area contributed by atoms with Crippen molar-refractivity contribution in [3.63, 3.8) is 0 Å². The number of anilines is 1. The van der Waals surface area contributed by atoms with Crippen LogP contribution < -0.4 is 10.1 Å². The molecule has 1 aliphatic rings. The summed E-state index contributed by atoms with van der Waals surface area (Å²) < 4.78 is 10.2. The van der Waals surface area contributed by atoms with Crippen LogP contribution in [0, 0.1) is 3.57 Å². The highest BCUT2D eigenvalue weighted by molar-refractivity contribution is 14.2. The second kappa shape index (κ2) is 8.01. The monoisotopic (exact) mass is 587 g/mol. The minimum absolute atomic E-state index is 0.269. The van der Waals surface area contributed by atoms with Crippen LogP contribution in [-0.4, -0.2) is 12.8 Å². The van der Waals surface area contributed by atoms with Crippen LogP contribution in [0.4, 0.5) is 5.69 Å². The molecule has 7 heteroatoms. The molecule has 2 heterocycles. The maximum absolute atomic E-state index is 6.17. The SMILES string of the molecule is ClC1=CC(Nc2ccc(Oc3cccc4cnccc34)c(I)c2)=IC=N1. The van der Waals surface area contributed by atoms with Gasteiger partial charge in [0.1, 0.15) is 16.7 Å². The van der Waals surface area contributed by atoms with Crippen molar-refractivity contribution in [2.75, 3.05) is 5.32 Å². The number of nitrogens with zero attached hydrogens (tertiary/aromatic N) is 2. The Morgan fingerprint density at radius 3 is 2.88 bits per heavy atom. The largest absolute Gasteiger partial charge is 0.456 e. The van der Waals surface area contributed by atoms with E-state index in [1.807, 2.05) is 52.9 Å². The molecule has 0 unspecified atom stereocenters. The first-order valence-electron chi connectivity index (χ1n) is 7.66. The number of pyridine rings is 1. The Kier molecular flexibility index (Phi) is 5.51. The van der Waals surface area contributed by atoms with Crippen LogP contribution in [0.5, 0.6) is 11.5 Å². The van der Waals surface area contributed by atoms with Gasteiger partial charge in [-0.05, 0) is 73.7 Å². The zero-order valence-corrected chi connectivity index (χ0v) is 18.4. The topological polar surface area (TPSA) is 46.5 Å². The zero-order valence-electron chi connectivity index (χ0n) is 13.3. The number of aliphatic imine (C=N–C) groups is 1. The first kappa shape index (κ1) is 17.9. The Morgan fingerprint density at radius 2 is 2.04 bits per heavy atom. The van der Waals surface area contributed by atoms with Crippen LogP contribution in [0.25, 0.3) is 10.8 Å². The van der Waals surface area contributed by atoms with Crippen molar-refractivity contribution in [2.24, 2.45) is 4.99 Å². The predicted octanol–water partition coefficient (Wildman–Crippen LogP) is 6.27. The molecule has 3 aromatic rings. The van der Waals surface area contributed by atoms with Gasteiger partial charge < -0.3 is 10.1 Å². The maximum atomic E-state index is 6.17. The summed E-state index contributed by atoms with van der Waals surface area (Å²) in [6.45, 7) is 0. The van der Waals surface area contributed by atoms with Crippen molar-refractivity contribution in [3.8, 4) is 11.5 Å². The van der Waals surface area contributed by atoms with E-state index < -0.39 is 0 Å². The summed E-state index contributed by atoms with van der Waals surface area (Å²) >= 11 is 7.99. The van der Waals surface area contributed by atoms with E-state index in [4.69, 9.17) is 16.3 Å². The average molecular weight is 588 g/mol. The third-order valence-electron chi connectivity index (χ3n) is 3.64. The Hall–Kier alpha value is -1.52. The molecule has 0 atom stereocenters. The van der Waals surface area contributed by atoms with Gasteiger partial charge >= 0.3 is 0 Å². The number of benzene rings is 2. The van der Waals surface area contributed by atoms with Crippen molar-refractivity contribution in [1.29, 1.82) is 0 Å². The van der Waals surface area contributed by atoms with Gasteiger partial charge in [0.05, 0.1) is 11.4 Å². The molecule has 130 valence electrons. The number of hydrogen-bond acceptors (Lipinski definition) is 4. The van der Waals surface area contributed by atoms with Crippen molar-refractivity contribution in [1.82, 2.24) is 4.98 Å². The highest BCUT2D eigenvalue weighted by atomic mass is 127. The number of nitrogens with one attached hydrogen (secondary N) is 1. The first-order valence-corrected chi connectivity index (χ1v) is 11.4. The zero-order chi connectivity index (χ0) is 17.9. The van der Waals surface area contributed by atoms with E-state index >= 15 is 0 Å². The second-order valence-electron chi connectivity index (χ2n) is 5.38. The number of hydrogen-bond donors (Lipinski definition) is 1. The van der Waals surface area contributed by atoms with Gasteiger partial charge in [0, 0.05) is 34.9 Å². The predicted molar refractivity (Wildman–Crippen MR) is 126 cm³/mol. The lowest BCUT2D eigenvalue weighted by Crippen LogP contribution is -2.08. The molecular formula is C19H12ClI2N3O. The van der Waals surface area contributed by atoms with Crippen LogP contribution in [-0.2, 0) is 0 Å². The second-order valence-corrected chi connectivity index (χ2v) is 9.27. The van der Waals surface area contributed by atoms with Crippen LogP contribution in [0.3, 0.4) is 0 Å². The molecule has 1 aliphatic heterocycles. The summed E-state index contributed by atoms with van der Waals surface area (Å²) in [7, 11) is 0. The van der Waals surface area contributed by atoms with E-state index in [2.05, 4.69) is 44.0 Å². The van der Waals surface area contributed by atoms with Gasteiger partial charge in [-0.3, -0.25) is 4.98 Å². The van der Waals surface area contributed by atoms with Gasteiger partial charge in [-0.15, -0.1) is 0 Å². The number of aromatic nitrogens is 1. The number of rotatable bonds is 4. The van der Waals surface area contributed by atoms with Gasteiger partial charge in [-0.25, -0.2) is 4.99 Å². The maximum Gasteiger partial charge on any atom is 0.140 e. The Morgan fingerprint density at radius 1 is 1.12 bits per heavy atom. The molecule has 4 nitrogen and oxygen atoms in total. The standard InChI is InChI=1S/C19H12ClI2N3O/c20-18-9-19(22-11-24-18)25-13-4-5-17(15(21)8-13)26-16-3-1-2-12-10-23-7-6-14(12)16/h1-11,25H. The summed E-state index contributed by atoms with van der Waals surface area (Å²) in [6, 6.07) is 14.0. The Labute approximate surface area is 179 Å². The van der Waals surface area contributed by atoms with Crippen molar-refractivity contribution in [2.45, 2.75) is 0 Å². The normalized spacial score (nSPS) is 13.6. The molecule has 1 aromatic heterocycles. The van der Waals surface area contributed by atoms with Crippen LogP contribution in [0.2, 0.25) is 0 Å². The minimum atomic E-state index is -0.269. The molecule has 26 heavy (non-hydrogen) atoms. The third kappa shape index (κ3) is 4.07. The molecule has 0 fully saturated rings. The van der Waals surface area contributed by atoms with Gasteiger partial charge in [-0.2, -0.15) is 0 Å². The molecular weight excluding hydrogens is 575 g/mol. The van der Waals surface area contributed by atoms with Gasteiger partial charge in [0.25, 0.3) is 0 Å². The Balaban J connectivity index is 1.58. The van der Waals surface area contributed by atoms with Gasteiger partial charge in [-0.1, -0.05) is 23.7 Å². The van der Waals surface area contributed by atoms with Crippen LogP contribution in [0.15, 0.2) is 71.1 Å². The third-order valence-corrected chi connectivity index (χ3v) is 6.50. The lowest BCUT2D eigenvalue weighted by atomic mass is 10.1. The molecule has 1 N–H and O–H groups in total. The van der Waals surface area contributed by atoms with E-state index in [0.717, 1.165) is 35.2 Å². The lowest BCUT2D eigenvalue weighted by Gasteiger charge is -2.13. The van der Waals surface area contributed by atoms with Crippen molar-refractivity contribution in [3.05, 3.63) is 69.7 Å². The average Bonchev–Trinajstić information content (AvgIpc) is 2.64. The smallest absolute Gasteiger partial charge is 0.140 e. The molecule has 0 spiro atoms. The molecule has 0 saturated carbocycles. The molecule has 0 bridgehead atoms. The number of ether oxygens (including phenoxy) is 1. The summed E-state index contributed by atoms with van der Waals surface area (Å²) in [6.07, 6.45) is 5.50. The Bertz CT molecular complexity index is 1070. The molecule has 0 radical (unpaired) electrons. The molecule has 2 aromatic carbocycles. The van der Waals surface area contributed by atoms with E-state index in [1.54, 1.807) is 6.20 Å². The van der Waals surface area contributed by atoms with Crippen molar-refractivity contribution >= 4 is 79.2 Å². The van der Waals surface area contributed by atoms with Gasteiger partial charge in [0.15, 0.2) is 0 Å². The van der Waals surface area contributed by atoms with E-state index in [0.29, 0.717) is 5.16 Å². The van der Waals surface area contributed by atoms with E-state index in [1.165, 1.54) is 0 Å². The van der Waals surface area contributed by atoms with Crippen LogP contribution in [0.1, 0.15) is 0 Å². The van der Waals surface area contributed by atoms with Crippen molar-refractivity contribution < 1.29 is 4.74 Å². The van der Waals surface area contributed by atoms with Crippen LogP contribution >= 0.6 is 54.9 Å². The van der Waals surface area contributed by atoms with E-state index in [-0.39, 0.29) is 20.7 Å². The number of halogens is 3. The lowest BCUT2D eigenvalue weighted by molar-refractivity contribution is 0.485. The fourth-order valence-electron chi connectivity index (χ4n) is 2.46. The molecule has 0 saturated heterocycles. The molecule has 0 aliphatic carbocycles. The quantitative estimate of drug-likeness (QED) is 0.289. The highest BCUT2D eigenvalue weighted by Gasteiger charge is 2.08. The molecule has 0 amide bonds. The molecule has 4 rings (SSSR count). The van der Waals surface area contributed by atoms with Gasteiger partial charge in [0.2, 0.25) is 0 Å². The fraction of sp³-hybridized carbons (Fsp3) is 0. The van der Waals surface area contributed by atoms with E-state index in [9.17, 15) is 0 Å². The first-order chi connectivity index (χ1) is 12.7. The minimum Gasteiger partial charge on any atom is -0.456 e. The fourth-order valence-corrected chi connectivity index (χ4v) is 5.27.